The quantitative estimate of drug-likeness (QED) is 0.523. The number of rotatable bonds is 5. The highest BCUT2D eigenvalue weighted by Crippen LogP contribution is 2.21. The zero-order valence-electron chi connectivity index (χ0n) is 17.6. The van der Waals surface area contributed by atoms with Gasteiger partial charge in [-0.25, -0.2) is 9.50 Å². The smallest absolute Gasteiger partial charge is 0.266 e. The van der Waals surface area contributed by atoms with E-state index in [4.69, 9.17) is 4.98 Å². The molecule has 0 spiro atoms. The lowest BCUT2D eigenvalue weighted by atomic mass is 10.0. The first kappa shape index (κ1) is 19.5. The molecule has 0 amide bonds. The Morgan fingerprint density at radius 1 is 1.03 bits per heavy atom. The molecule has 1 aliphatic rings. The van der Waals surface area contributed by atoms with Crippen LogP contribution in [-0.4, -0.2) is 43.6 Å². The summed E-state index contributed by atoms with van der Waals surface area (Å²) in [5, 5.41) is 6.37. The molecule has 158 valence electrons. The van der Waals surface area contributed by atoms with Crippen LogP contribution in [0.3, 0.4) is 0 Å². The molecule has 2 aromatic heterocycles. The predicted molar refractivity (Wildman–Crippen MR) is 122 cm³/mol. The number of H-pyrrole nitrogens is 1. The summed E-state index contributed by atoms with van der Waals surface area (Å²) in [6.07, 6.45) is 2.04. The van der Waals surface area contributed by atoms with Gasteiger partial charge in [0, 0.05) is 37.3 Å². The van der Waals surface area contributed by atoms with Gasteiger partial charge in [-0.2, -0.15) is 4.98 Å². The van der Waals surface area contributed by atoms with Crippen LogP contribution in [0, 0.1) is 6.92 Å². The van der Waals surface area contributed by atoms with Crippen molar-refractivity contribution in [1.82, 2.24) is 24.5 Å². The summed E-state index contributed by atoms with van der Waals surface area (Å²) in [6.45, 7) is 5.08. The lowest BCUT2D eigenvalue weighted by molar-refractivity contribution is 0.211. The van der Waals surface area contributed by atoms with Crippen molar-refractivity contribution in [2.75, 3.05) is 18.4 Å². The van der Waals surface area contributed by atoms with Gasteiger partial charge in [0.15, 0.2) is 11.5 Å². The number of aromatic nitrogens is 4. The summed E-state index contributed by atoms with van der Waals surface area (Å²) >= 11 is 0. The lowest BCUT2D eigenvalue weighted by Gasteiger charge is -2.32. The molecule has 0 saturated carbocycles. The fourth-order valence-corrected chi connectivity index (χ4v) is 4.10. The first-order chi connectivity index (χ1) is 15.1. The van der Waals surface area contributed by atoms with Crippen LogP contribution in [-0.2, 0) is 6.54 Å². The predicted octanol–water partition coefficient (Wildman–Crippen LogP) is 3.47. The van der Waals surface area contributed by atoms with Crippen LogP contribution in [0.4, 0.5) is 5.95 Å². The van der Waals surface area contributed by atoms with Crippen LogP contribution >= 0.6 is 0 Å². The van der Waals surface area contributed by atoms with E-state index in [-0.39, 0.29) is 5.56 Å². The number of hydrogen-bond acceptors (Lipinski definition) is 5. The molecule has 1 aliphatic heterocycles. The Morgan fingerprint density at radius 2 is 1.77 bits per heavy atom. The Kier molecular flexibility index (Phi) is 5.26. The number of nitrogens with zero attached hydrogens (tertiary/aromatic N) is 4. The molecule has 0 aliphatic carbocycles. The molecule has 0 unspecified atom stereocenters. The molecule has 0 atom stereocenters. The van der Waals surface area contributed by atoms with Crippen molar-refractivity contribution in [2.45, 2.75) is 32.4 Å². The van der Waals surface area contributed by atoms with Crippen LogP contribution in [0.15, 0.2) is 65.5 Å². The SMILES string of the molecule is Cc1ccc(-c2nc(NC3CCN(Cc4ccccc4)CC3)n3[nH]c(=O)cc3n2)cc1. The molecule has 1 fully saturated rings. The van der Waals surface area contributed by atoms with E-state index in [9.17, 15) is 4.79 Å². The van der Waals surface area contributed by atoms with Crippen LogP contribution in [0.5, 0.6) is 0 Å². The number of aromatic amines is 1. The number of likely N-dealkylation sites (tertiary alicyclic amines) is 1. The number of hydrogen-bond donors (Lipinski definition) is 2. The normalized spacial score (nSPS) is 15.4. The second kappa shape index (κ2) is 8.35. The van der Waals surface area contributed by atoms with Crippen molar-refractivity contribution in [1.29, 1.82) is 0 Å². The van der Waals surface area contributed by atoms with Gasteiger partial charge in [-0.15, -0.1) is 0 Å². The molecule has 4 aromatic rings. The van der Waals surface area contributed by atoms with Crippen molar-refractivity contribution in [2.24, 2.45) is 0 Å². The Balaban J connectivity index is 1.34. The number of anilines is 1. The topological polar surface area (TPSA) is 78.3 Å². The minimum atomic E-state index is -0.184. The molecule has 0 radical (unpaired) electrons. The zero-order chi connectivity index (χ0) is 21.2. The molecule has 31 heavy (non-hydrogen) atoms. The van der Waals surface area contributed by atoms with Crippen molar-refractivity contribution in [3.8, 4) is 11.4 Å². The average Bonchev–Trinajstić information content (AvgIpc) is 3.17. The van der Waals surface area contributed by atoms with Crippen LogP contribution in [0.25, 0.3) is 17.0 Å². The molecule has 2 N–H and O–H groups in total. The zero-order valence-corrected chi connectivity index (χ0v) is 17.6. The van der Waals surface area contributed by atoms with E-state index in [1.165, 1.54) is 17.2 Å². The van der Waals surface area contributed by atoms with Gasteiger partial charge in [-0.1, -0.05) is 60.2 Å². The number of piperidine rings is 1. The van der Waals surface area contributed by atoms with Crippen molar-refractivity contribution in [3.05, 3.63) is 82.1 Å². The van der Waals surface area contributed by atoms with Crippen LogP contribution in [0.2, 0.25) is 0 Å². The summed E-state index contributed by atoms with van der Waals surface area (Å²) in [7, 11) is 0. The maximum absolute atomic E-state index is 12.0. The summed E-state index contributed by atoms with van der Waals surface area (Å²) in [5.74, 6) is 1.24. The van der Waals surface area contributed by atoms with Crippen molar-refractivity contribution >= 4 is 11.6 Å². The number of benzene rings is 2. The highest BCUT2D eigenvalue weighted by molar-refractivity contribution is 5.60. The highest BCUT2D eigenvalue weighted by Gasteiger charge is 2.21. The fourth-order valence-electron chi connectivity index (χ4n) is 4.10. The number of aryl methyl sites for hydroxylation is 1. The van der Waals surface area contributed by atoms with Crippen LogP contribution in [0.1, 0.15) is 24.0 Å². The standard InChI is InChI=1S/C24H26N6O/c1-17-7-9-19(10-8-17)23-26-21-15-22(31)28-30(21)24(27-23)25-20-11-13-29(14-12-20)16-18-5-3-2-4-6-18/h2-10,15,20H,11-14,16H2,1H3,(H,28,31)(H,25,26,27). The van der Waals surface area contributed by atoms with E-state index in [0.717, 1.165) is 38.0 Å². The van der Waals surface area contributed by atoms with E-state index in [2.05, 4.69) is 57.6 Å². The maximum Gasteiger partial charge on any atom is 0.266 e. The molecular weight excluding hydrogens is 388 g/mol. The largest absolute Gasteiger partial charge is 0.351 e. The molecule has 2 aromatic carbocycles. The number of nitrogens with one attached hydrogen (secondary N) is 2. The van der Waals surface area contributed by atoms with Gasteiger partial charge in [0.05, 0.1) is 0 Å². The van der Waals surface area contributed by atoms with E-state index in [1.54, 1.807) is 4.52 Å². The Morgan fingerprint density at radius 3 is 2.52 bits per heavy atom. The molecule has 3 heterocycles. The number of fused-ring (bicyclic) bond motifs is 1. The summed E-state index contributed by atoms with van der Waals surface area (Å²) in [6, 6.07) is 20.5. The van der Waals surface area contributed by atoms with E-state index >= 15 is 0 Å². The van der Waals surface area contributed by atoms with Crippen LogP contribution < -0.4 is 10.9 Å². The minimum Gasteiger partial charge on any atom is -0.351 e. The molecule has 1 saturated heterocycles. The third-order valence-corrected chi connectivity index (χ3v) is 5.83. The first-order valence-electron chi connectivity index (χ1n) is 10.7. The van der Waals surface area contributed by atoms with Gasteiger partial charge >= 0.3 is 0 Å². The third-order valence-electron chi connectivity index (χ3n) is 5.83. The van der Waals surface area contributed by atoms with Gasteiger partial charge in [0.2, 0.25) is 5.95 Å². The Hall–Kier alpha value is -3.45. The van der Waals surface area contributed by atoms with Gasteiger partial charge in [0.1, 0.15) is 0 Å². The monoisotopic (exact) mass is 414 g/mol. The molecule has 7 heteroatoms. The van der Waals surface area contributed by atoms with E-state index in [1.807, 2.05) is 24.3 Å². The first-order valence-corrected chi connectivity index (χ1v) is 10.7. The fraction of sp³-hybridized carbons (Fsp3) is 0.292. The van der Waals surface area contributed by atoms with Gasteiger partial charge in [-0.3, -0.25) is 14.8 Å². The second-order valence-corrected chi connectivity index (χ2v) is 8.23. The summed E-state index contributed by atoms with van der Waals surface area (Å²) in [4.78, 5) is 23.8. The third kappa shape index (κ3) is 4.36. The van der Waals surface area contributed by atoms with Gasteiger partial charge < -0.3 is 5.32 Å². The highest BCUT2D eigenvalue weighted by atomic mass is 16.1. The minimum absolute atomic E-state index is 0.184. The molecule has 5 rings (SSSR count). The van der Waals surface area contributed by atoms with Gasteiger partial charge in [-0.05, 0) is 25.3 Å². The summed E-state index contributed by atoms with van der Waals surface area (Å²) in [5.41, 5.74) is 3.85. The molecular formula is C24H26N6O. The molecule has 7 nitrogen and oxygen atoms in total. The van der Waals surface area contributed by atoms with E-state index < -0.39 is 0 Å². The van der Waals surface area contributed by atoms with Gasteiger partial charge in [0.25, 0.3) is 5.56 Å². The maximum atomic E-state index is 12.0. The van der Waals surface area contributed by atoms with Crippen molar-refractivity contribution in [3.63, 3.8) is 0 Å². The van der Waals surface area contributed by atoms with Crippen molar-refractivity contribution < 1.29 is 0 Å². The Labute approximate surface area is 180 Å². The van der Waals surface area contributed by atoms with E-state index in [0.29, 0.717) is 23.5 Å². The average molecular weight is 415 g/mol. The lowest BCUT2D eigenvalue weighted by Crippen LogP contribution is -2.39. The summed E-state index contributed by atoms with van der Waals surface area (Å²) < 4.78 is 1.65. The second-order valence-electron chi connectivity index (χ2n) is 8.23. The Bertz CT molecular complexity index is 1220. The molecule has 0 bridgehead atoms.